The second-order valence-corrected chi connectivity index (χ2v) is 2.93. The zero-order chi connectivity index (χ0) is 11.4. The molecule has 2 N–H and O–H groups in total. The van der Waals surface area contributed by atoms with Gasteiger partial charge >= 0.3 is 5.97 Å². The summed E-state index contributed by atoms with van der Waals surface area (Å²) in [5, 5.41) is 18.2. The SMILES string of the molecule is COC(=O)C(O)c1ccc(F)c(CO)c1. The minimum atomic E-state index is -1.46. The number of methoxy groups -OCH3 is 1. The number of ether oxygens (including phenoxy) is 1. The van der Waals surface area contributed by atoms with E-state index in [4.69, 9.17) is 5.11 Å². The van der Waals surface area contributed by atoms with Gasteiger partial charge in [-0.2, -0.15) is 0 Å². The van der Waals surface area contributed by atoms with E-state index in [0.29, 0.717) is 0 Å². The monoisotopic (exact) mass is 214 g/mol. The van der Waals surface area contributed by atoms with Crippen LogP contribution in [0, 0.1) is 5.82 Å². The molecule has 0 bridgehead atoms. The van der Waals surface area contributed by atoms with E-state index in [9.17, 15) is 14.3 Å². The summed E-state index contributed by atoms with van der Waals surface area (Å²) in [5.74, 6) is -1.41. The van der Waals surface area contributed by atoms with Gasteiger partial charge in [-0.3, -0.25) is 0 Å². The van der Waals surface area contributed by atoms with Crippen molar-refractivity contribution in [2.24, 2.45) is 0 Å². The van der Waals surface area contributed by atoms with E-state index in [1.54, 1.807) is 0 Å². The maximum Gasteiger partial charge on any atom is 0.339 e. The molecule has 0 saturated carbocycles. The van der Waals surface area contributed by atoms with E-state index in [-0.39, 0.29) is 11.1 Å². The van der Waals surface area contributed by atoms with Gasteiger partial charge in [0.1, 0.15) is 5.82 Å². The molecule has 0 spiro atoms. The highest BCUT2D eigenvalue weighted by molar-refractivity contribution is 5.76. The van der Waals surface area contributed by atoms with Gasteiger partial charge in [0.25, 0.3) is 0 Å². The van der Waals surface area contributed by atoms with Crippen molar-refractivity contribution in [1.82, 2.24) is 0 Å². The molecule has 82 valence electrons. The smallest absolute Gasteiger partial charge is 0.339 e. The van der Waals surface area contributed by atoms with E-state index < -0.39 is 24.5 Å². The number of carbonyl (C=O) groups is 1. The van der Waals surface area contributed by atoms with E-state index >= 15 is 0 Å². The predicted molar refractivity (Wildman–Crippen MR) is 49.3 cm³/mol. The molecule has 0 amide bonds. The van der Waals surface area contributed by atoms with Crippen molar-refractivity contribution < 1.29 is 24.1 Å². The van der Waals surface area contributed by atoms with E-state index in [1.807, 2.05) is 0 Å². The summed E-state index contributed by atoms with van der Waals surface area (Å²) in [6.07, 6.45) is -1.46. The summed E-state index contributed by atoms with van der Waals surface area (Å²) < 4.78 is 17.3. The first-order valence-electron chi connectivity index (χ1n) is 4.25. The summed E-state index contributed by atoms with van der Waals surface area (Å²) in [6, 6.07) is 3.56. The molecule has 1 rings (SSSR count). The molecule has 0 fully saturated rings. The van der Waals surface area contributed by atoms with Crippen molar-refractivity contribution in [2.45, 2.75) is 12.7 Å². The molecule has 1 atom stereocenters. The van der Waals surface area contributed by atoms with Crippen LogP contribution in [0.5, 0.6) is 0 Å². The van der Waals surface area contributed by atoms with Gasteiger partial charge in [0.15, 0.2) is 6.10 Å². The van der Waals surface area contributed by atoms with Gasteiger partial charge in [-0.1, -0.05) is 6.07 Å². The third-order valence-electron chi connectivity index (χ3n) is 1.98. The van der Waals surface area contributed by atoms with Gasteiger partial charge in [0.05, 0.1) is 13.7 Å². The minimum absolute atomic E-state index is 0.0236. The maximum absolute atomic E-state index is 13.0. The van der Waals surface area contributed by atoms with Crippen LogP contribution in [-0.4, -0.2) is 23.3 Å². The molecule has 0 radical (unpaired) electrons. The zero-order valence-electron chi connectivity index (χ0n) is 8.11. The van der Waals surface area contributed by atoms with E-state index in [2.05, 4.69) is 4.74 Å². The van der Waals surface area contributed by atoms with Gasteiger partial charge < -0.3 is 14.9 Å². The summed E-state index contributed by atoms with van der Waals surface area (Å²) >= 11 is 0. The first kappa shape index (κ1) is 11.6. The van der Waals surface area contributed by atoms with Gasteiger partial charge in [-0.05, 0) is 17.7 Å². The molecule has 4 nitrogen and oxygen atoms in total. The summed E-state index contributed by atoms with van der Waals surface area (Å²) in [7, 11) is 1.14. The molecule has 0 aliphatic heterocycles. The Bertz CT molecular complexity index is 364. The van der Waals surface area contributed by atoms with Crippen LogP contribution in [0.3, 0.4) is 0 Å². The first-order valence-corrected chi connectivity index (χ1v) is 4.25. The van der Waals surface area contributed by atoms with Crippen molar-refractivity contribution in [2.75, 3.05) is 7.11 Å². The van der Waals surface area contributed by atoms with Crippen LogP contribution in [0.1, 0.15) is 17.2 Å². The fourth-order valence-corrected chi connectivity index (χ4v) is 1.13. The second-order valence-electron chi connectivity index (χ2n) is 2.93. The number of hydrogen-bond acceptors (Lipinski definition) is 4. The van der Waals surface area contributed by atoms with Crippen LogP contribution in [0.4, 0.5) is 4.39 Å². The Balaban J connectivity index is 3.00. The highest BCUT2D eigenvalue weighted by Crippen LogP contribution is 2.18. The molecule has 1 unspecified atom stereocenters. The van der Waals surface area contributed by atoms with Crippen molar-refractivity contribution in [3.63, 3.8) is 0 Å². The molecule has 0 aliphatic carbocycles. The lowest BCUT2D eigenvalue weighted by atomic mass is 10.1. The number of aliphatic hydroxyl groups excluding tert-OH is 2. The van der Waals surface area contributed by atoms with Gasteiger partial charge in [0, 0.05) is 5.56 Å². The van der Waals surface area contributed by atoms with Gasteiger partial charge in [-0.15, -0.1) is 0 Å². The van der Waals surface area contributed by atoms with Crippen LogP contribution >= 0.6 is 0 Å². The fraction of sp³-hybridized carbons (Fsp3) is 0.300. The Labute approximate surface area is 85.9 Å². The Kier molecular flexibility index (Phi) is 3.76. The topological polar surface area (TPSA) is 66.8 Å². The molecule has 0 aliphatic rings. The highest BCUT2D eigenvalue weighted by atomic mass is 19.1. The zero-order valence-corrected chi connectivity index (χ0v) is 8.11. The number of halogens is 1. The van der Waals surface area contributed by atoms with Crippen molar-refractivity contribution in [3.05, 3.63) is 35.1 Å². The number of benzene rings is 1. The maximum atomic E-state index is 13.0. The molecular formula is C10H11FO4. The van der Waals surface area contributed by atoms with Crippen molar-refractivity contribution >= 4 is 5.97 Å². The van der Waals surface area contributed by atoms with Crippen LogP contribution in [0.15, 0.2) is 18.2 Å². The number of esters is 1. The number of carbonyl (C=O) groups excluding carboxylic acids is 1. The van der Waals surface area contributed by atoms with Crippen LogP contribution in [0.2, 0.25) is 0 Å². The molecule has 5 heteroatoms. The molecule has 1 aromatic rings. The lowest BCUT2D eigenvalue weighted by Crippen LogP contribution is -2.13. The average Bonchev–Trinajstić information content (AvgIpc) is 2.27. The number of rotatable bonds is 3. The molecule has 15 heavy (non-hydrogen) atoms. The lowest BCUT2D eigenvalue weighted by molar-refractivity contribution is -0.150. The van der Waals surface area contributed by atoms with Crippen LogP contribution < -0.4 is 0 Å². The highest BCUT2D eigenvalue weighted by Gasteiger charge is 2.18. The summed E-state index contributed by atoms with van der Waals surface area (Å²) in [6.45, 7) is -0.492. The Morgan fingerprint density at radius 3 is 2.80 bits per heavy atom. The normalized spacial score (nSPS) is 12.3. The van der Waals surface area contributed by atoms with Gasteiger partial charge in [0.2, 0.25) is 0 Å². The Hall–Kier alpha value is -1.46. The Morgan fingerprint density at radius 2 is 2.27 bits per heavy atom. The van der Waals surface area contributed by atoms with Crippen molar-refractivity contribution in [1.29, 1.82) is 0 Å². The van der Waals surface area contributed by atoms with Crippen LogP contribution in [-0.2, 0) is 16.1 Å². The number of aliphatic hydroxyl groups is 2. The predicted octanol–water partition coefficient (Wildman–Crippen LogP) is 0.524. The summed E-state index contributed by atoms with van der Waals surface area (Å²) in [5.41, 5.74) is 0.211. The third kappa shape index (κ3) is 2.51. The molecule has 0 heterocycles. The van der Waals surface area contributed by atoms with E-state index in [1.165, 1.54) is 12.1 Å². The fourth-order valence-electron chi connectivity index (χ4n) is 1.13. The summed E-state index contributed by atoms with van der Waals surface area (Å²) in [4.78, 5) is 11.0. The largest absolute Gasteiger partial charge is 0.467 e. The molecular weight excluding hydrogens is 203 g/mol. The Morgan fingerprint density at radius 1 is 1.60 bits per heavy atom. The van der Waals surface area contributed by atoms with Crippen molar-refractivity contribution in [3.8, 4) is 0 Å². The van der Waals surface area contributed by atoms with Gasteiger partial charge in [-0.25, -0.2) is 9.18 Å². The third-order valence-corrected chi connectivity index (χ3v) is 1.98. The van der Waals surface area contributed by atoms with E-state index in [0.717, 1.165) is 13.2 Å². The molecule has 0 aromatic heterocycles. The first-order chi connectivity index (χ1) is 7.10. The van der Waals surface area contributed by atoms with Crippen LogP contribution in [0.25, 0.3) is 0 Å². The lowest BCUT2D eigenvalue weighted by Gasteiger charge is -2.09. The minimum Gasteiger partial charge on any atom is -0.467 e. The number of hydrogen-bond donors (Lipinski definition) is 2. The second kappa shape index (κ2) is 4.86. The average molecular weight is 214 g/mol. The molecule has 1 aromatic carbocycles. The quantitative estimate of drug-likeness (QED) is 0.720. The molecule has 0 saturated heterocycles. The standard InChI is InChI=1S/C10H11FO4/c1-15-10(14)9(13)6-2-3-8(11)7(4-6)5-12/h2-4,9,12-13H,5H2,1H3.